The summed E-state index contributed by atoms with van der Waals surface area (Å²) in [5.74, 6) is 0. The van der Waals surface area contributed by atoms with Crippen LogP contribution in [0.1, 0.15) is 0 Å². The van der Waals surface area contributed by atoms with Crippen molar-refractivity contribution in [2.45, 2.75) is 5.66 Å². The quantitative estimate of drug-likeness (QED) is 0.435. The van der Waals surface area contributed by atoms with Gasteiger partial charge in [0.15, 0.2) is 5.17 Å². The van der Waals surface area contributed by atoms with Gasteiger partial charge in [0.1, 0.15) is 11.8 Å². The van der Waals surface area contributed by atoms with Crippen LogP contribution in [0.15, 0.2) is 5.10 Å². The van der Waals surface area contributed by atoms with Crippen LogP contribution < -0.4 is 11.2 Å². The zero-order chi connectivity index (χ0) is 7.78. The minimum absolute atomic E-state index is 0.0657. The molecular weight excluding hydrogens is 154 g/mol. The van der Waals surface area contributed by atoms with Crippen molar-refractivity contribution in [3.63, 3.8) is 0 Å². The maximum absolute atomic E-state index is 8.40. The van der Waals surface area contributed by atoms with Crippen molar-refractivity contribution in [3.05, 3.63) is 0 Å². The number of nitrogens with one attached hydrogen (secondary N) is 2. The number of halogens is 1. The molecule has 5 nitrogen and oxygen atoms in total. The molecule has 0 radical (unpaired) electrons. The van der Waals surface area contributed by atoms with Crippen LogP contribution in [-0.4, -0.2) is 16.5 Å². The molecule has 0 fully saturated rings. The number of nitrogens with zero attached hydrogens (tertiary/aromatic N) is 2. The second kappa shape index (κ2) is 1.94. The number of nitrogens with two attached hydrogens (primary N) is 1. The van der Waals surface area contributed by atoms with E-state index >= 15 is 0 Å². The van der Waals surface area contributed by atoms with Crippen molar-refractivity contribution < 1.29 is 0 Å². The summed E-state index contributed by atoms with van der Waals surface area (Å²) < 4.78 is 0. The summed E-state index contributed by atoms with van der Waals surface area (Å²) in [5.41, 5.74) is 5.80. The molecule has 0 saturated carbocycles. The van der Waals surface area contributed by atoms with Crippen LogP contribution in [0, 0.1) is 16.7 Å². The van der Waals surface area contributed by atoms with E-state index in [0.717, 1.165) is 0 Å². The summed E-state index contributed by atoms with van der Waals surface area (Å²) in [6, 6.07) is 1.66. The normalized spacial score (nSPS) is 30.9. The minimum Gasteiger partial charge on any atom is -0.297 e. The Labute approximate surface area is 62.0 Å². The van der Waals surface area contributed by atoms with Crippen molar-refractivity contribution in [1.82, 2.24) is 5.43 Å². The molecule has 1 atom stereocenters. The highest BCUT2D eigenvalue weighted by Gasteiger charge is 2.37. The molecule has 1 rings (SSSR count). The molecule has 6 heteroatoms. The van der Waals surface area contributed by atoms with E-state index in [0.29, 0.717) is 0 Å². The maximum atomic E-state index is 8.40. The topological polar surface area (TPSA) is 98.1 Å². The first-order chi connectivity index (χ1) is 4.60. The molecule has 4 N–H and O–H groups in total. The highest BCUT2D eigenvalue weighted by molar-refractivity contribution is 6.85. The van der Waals surface area contributed by atoms with E-state index in [9.17, 15) is 0 Å². The molecule has 0 aliphatic carbocycles. The van der Waals surface area contributed by atoms with Crippen molar-refractivity contribution in [2.24, 2.45) is 10.8 Å². The molecular formula is C4H4ClN5. The highest BCUT2D eigenvalue weighted by Crippen LogP contribution is 2.08. The fraction of sp³-hybridized carbons (Fsp3) is 0.250. The molecule has 0 aromatic rings. The Kier molecular flexibility index (Phi) is 1.35. The first kappa shape index (κ1) is 6.99. The standard InChI is InChI=1S/C4H4ClN5/c5-3-2(7)4(8,1-6)10-9-3/h7,10H,8H2. The fourth-order valence-electron chi connectivity index (χ4n) is 0.493. The molecule has 1 aliphatic heterocycles. The molecule has 0 amide bonds. The van der Waals surface area contributed by atoms with Gasteiger partial charge in [-0.3, -0.25) is 16.6 Å². The number of hydrogen-bond donors (Lipinski definition) is 3. The fourth-order valence-corrected chi connectivity index (χ4v) is 0.684. The molecule has 0 aromatic carbocycles. The van der Waals surface area contributed by atoms with Gasteiger partial charge in [-0.2, -0.15) is 10.4 Å². The lowest BCUT2D eigenvalue weighted by molar-refractivity contribution is 0.588. The Morgan fingerprint density at radius 3 is 2.70 bits per heavy atom. The van der Waals surface area contributed by atoms with E-state index in [1.54, 1.807) is 6.07 Å². The first-order valence-electron chi connectivity index (χ1n) is 2.40. The smallest absolute Gasteiger partial charge is 0.236 e. The Balaban J connectivity index is 2.96. The lowest BCUT2D eigenvalue weighted by atomic mass is 10.1. The summed E-state index contributed by atoms with van der Waals surface area (Å²) in [4.78, 5) is 0. The number of hydrazone groups is 1. The predicted octanol–water partition coefficient (Wildman–Crippen LogP) is -0.660. The lowest BCUT2D eigenvalue weighted by Gasteiger charge is -2.11. The van der Waals surface area contributed by atoms with Gasteiger partial charge in [0.2, 0.25) is 5.66 Å². The third kappa shape index (κ3) is 0.744. The minimum atomic E-state index is -1.53. The van der Waals surface area contributed by atoms with Gasteiger partial charge in [-0.25, -0.2) is 0 Å². The largest absolute Gasteiger partial charge is 0.297 e. The number of hydrogen-bond acceptors (Lipinski definition) is 5. The van der Waals surface area contributed by atoms with E-state index in [1.807, 2.05) is 0 Å². The second-order valence-corrected chi connectivity index (χ2v) is 2.17. The van der Waals surface area contributed by atoms with Crippen LogP contribution in [0.5, 0.6) is 0 Å². The molecule has 0 saturated heterocycles. The SMILES string of the molecule is N#CC1(N)NN=C(Cl)C1=N. The van der Waals surface area contributed by atoms with E-state index in [-0.39, 0.29) is 10.9 Å². The van der Waals surface area contributed by atoms with Crippen molar-refractivity contribution in [3.8, 4) is 6.07 Å². The summed E-state index contributed by atoms with van der Waals surface area (Å²) in [5, 5.41) is 18.9. The Morgan fingerprint density at radius 1 is 1.90 bits per heavy atom. The van der Waals surface area contributed by atoms with Crippen molar-refractivity contribution >= 4 is 22.5 Å². The van der Waals surface area contributed by atoms with Crippen LogP contribution in [0.3, 0.4) is 0 Å². The lowest BCUT2D eigenvalue weighted by Crippen LogP contribution is -2.53. The molecule has 1 unspecified atom stereocenters. The second-order valence-electron chi connectivity index (χ2n) is 1.81. The highest BCUT2D eigenvalue weighted by atomic mass is 35.5. The van der Waals surface area contributed by atoms with E-state index in [4.69, 9.17) is 28.0 Å². The van der Waals surface area contributed by atoms with Crippen molar-refractivity contribution in [1.29, 1.82) is 10.7 Å². The summed E-state index contributed by atoms with van der Waals surface area (Å²) >= 11 is 5.36. The molecule has 52 valence electrons. The van der Waals surface area contributed by atoms with Crippen LogP contribution in [0.2, 0.25) is 0 Å². The Bertz CT molecular complexity index is 251. The van der Waals surface area contributed by atoms with Gasteiger partial charge in [-0.15, -0.1) is 0 Å². The molecule has 1 aliphatic rings. The third-order valence-corrected chi connectivity index (χ3v) is 1.38. The van der Waals surface area contributed by atoms with E-state index in [2.05, 4.69) is 10.5 Å². The molecule has 0 bridgehead atoms. The number of rotatable bonds is 0. The average molecular weight is 158 g/mol. The number of nitriles is 1. The molecule has 0 spiro atoms. The first-order valence-corrected chi connectivity index (χ1v) is 2.78. The Morgan fingerprint density at radius 2 is 2.50 bits per heavy atom. The van der Waals surface area contributed by atoms with Crippen LogP contribution in [0.25, 0.3) is 0 Å². The van der Waals surface area contributed by atoms with Gasteiger partial charge >= 0.3 is 0 Å². The van der Waals surface area contributed by atoms with E-state index < -0.39 is 5.66 Å². The molecule has 0 aromatic heterocycles. The Hall–Kier alpha value is -1.12. The van der Waals surface area contributed by atoms with Gasteiger partial charge in [0, 0.05) is 0 Å². The van der Waals surface area contributed by atoms with Gasteiger partial charge in [0.05, 0.1) is 0 Å². The monoisotopic (exact) mass is 157 g/mol. The van der Waals surface area contributed by atoms with Gasteiger partial charge in [-0.05, 0) is 0 Å². The summed E-state index contributed by atoms with van der Waals surface area (Å²) in [7, 11) is 0. The maximum Gasteiger partial charge on any atom is 0.236 e. The van der Waals surface area contributed by atoms with Gasteiger partial charge in [-0.1, -0.05) is 11.6 Å². The van der Waals surface area contributed by atoms with Gasteiger partial charge < -0.3 is 0 Å². The van der Waals surface area contributed by atoms with Crippen LogP contribution in [-0.2, 0) is 0 Å². The average Bonchev–Trinajstić information content (AvgIpc) is 2.19. The van der Waals surface area contributed by atoms with E-state index in [1.165, 1.54) is 0 Å². The summed E-state index contributed by atoms with van der Waals surface area (Å²) in [6.45, 7) is 0. The van der Waals surface area contributed by atoms with Crippen molar-refractivity contribution in [2.75, 3.05) is 0 Å². The molecule has 10 heavy (non-hydrogen) atoms. The predicted molar refractivity (Wildman–Crippen MR) is 36.7 cm³/mol. The van der Waals surface area contributed by atoms with Gasteiger partial charge in [0.25, 0.3) is 0 Å². The van der Waals surface area contributed by atoms with Crippen LogP contribution >= 0.6 is 11.6 Å². The zero-order valence-electron chi connectivity index (χ0n) is 4.85. The third-order valence-electron chi connectivity index (χ3n) is 1.11. The molecule has 1 heterocycles. The van der Waals surface area contributed by atoms with Crippen LogP contribution in [0.4, 0.5) is 0 Å². The summed E-state index contributed by atoms with van der Waals surface area (Å²) in [6.07, 6.45) is 0. The zero-order valence-corrected chi connectivity index (χ0v) is 5.61.